The zero-order chi connectivity index (χ0) is 12.5. The zero-order valence-electron chi connectivity index (χ0n) is 10.7. The van der Waals surface area contributed by atoms with E-state index in [9.17, 15) is 0 Å². The van der Waals surface area contributed by atoms with Crippen molar-refractivity contribution >= 4 is 17.1 Å². The number of anilines is 2. The lowest BCUT2D eigenvalue weighted by molar-refractivity contribution is 1.01. The van der Waals surface area contributed by atoms with Crippen molar-refractivity contribution in [2.24, 2.45) is 5.10 Å². The zero-order valence-corrected chi connectivity index (χ0v) is 10.7. The Bertz CT molecular complexity index is 614. The van der Waals surface area contributed by atoms with Gasteiger partial charge >= 0.3 is 0 Å². The van der Waals surface area contributed by atoms with Crippen molar-refractivity contribution in [1.82, 2.24) is 0 Å². The van der Waals surface area contributed by atoms with Crippen LogP contribution in [0.2, 0.25) is 0 Å². The molecule has 0 aromatic heterocycles. The van der Waals surface area contributed by atoms with Gasteiger partial charge in [0.2, 0.25) is 0 Å². The van der Waals surface area contributed by atoms with Gasteiger partial charge in [0.1, 0.15) is 0 Å². The third-order valence-electron chi connectivity index (χ3n) is 3.18. The molecule has 1 heterocycles. The molecule has 2 aromatic rings. The highest BCUT2D eigenvalue weighted by molar-refractivity contribution is 5.90. The molecule has 0 spiro atoms. The Labute approximate surface area is 108 Å². The van der Waals surface area contributed by atoms with Crippen molar-refractivity contribution in [3.8, 4) is 0 Å². The fourth-order valence-electron chi connectivity index (χ4n) is 2.36. The molecule has 18 heavy (non-hydrogen) atoms. The Kier molecular flexibility index (Phi) is 2.63. The van der Waals surface area contributed by atoms with Gasteiger partial charge in [0, 0.05) is 12.1 Å². The lowest BCUT2D eigenvalue weighted by Gasteiger charge is -2.27. The van der Waals surface area contributed by atoms with E-state index in [0.29, 0.717) is 0 Å². The van der Waals surface area contributed by atoms with E-state index >= 15 is 0 Å². The molecule has 0 atom stereocenters. The lowest BCUT2D eigenvalue weighted by atomic mass is 10.0. The van der Waals surface area contributed by atoms with Gasteiger partial charge in [-0.3, -0.25) is 0 Å². The summed E-state index contributed by atoms with van der Waals surface area (Å²) in [7, 11) is 0. The highest BCUT2D eigenvalue weighted by Crippen LogP contribution is 2.32. The second-order valence-electron chi connectivity index (χ2n) is 4.79. The molecule has 2 heteroatoms. The molecule has 0 N–H and O–H groups in total. The van der Waals surface area contributed by atoms with E-state index in [1.54, 1.807) is 0 Å². The molecular weight excluding hydrogens is 220 g/mol. The fourth-order valence-corrected chi connectivity index (χ4v) is 2.36. The average molecular weight is 236 g/mol. The minimum absolute atomic E-state index is 0.943. The number of hydrogen-bond acceptors (Lipinski definition) is 2. The number of para-hydroxylation sites is 1. The van der Waals surface area contributed by atoms with E-state index in [4.69, 9.17) is 0 Å². The van der Waals surface area contributed by atoms with Crippen molar-refractivity contribution in [2.75, 3.05) is 5.01 Å². The molecule has 90 valence electrons. The Hall–Kier alpha value is -2.09. The van der Waals surface area contributed by atoms with Gasteiger partial charge in [0.25, 0.3) is 0 Å². The first-order valence-corrected chi connectivity index (χ1v) is 6.23. The Morgan fingerprint density at radius 2 is 1.83 bits per heavy atom. The summed E-state index contributed by atoms with van der Waals surface area (Å²) in [5.41, 5.74) is 6.06. The van der Waals surface area contributed by atoms with Crippen LogP contribution >= 0.6 is 0 Å². The number of rotatable bonds is 1. The standard InChI is InChI=1S/C16H16N2/c1-12-6-5-8-15(10-12)18-16-9-4-3-7-14(16)11-13(2)17-18/h3-10H,11H2,1-2H3. The summed E-state index contributed by atoms with van der Waals surface area (Å²) in [5.74, 6) is 0. The SMILES string of the molecule is CC1=NN(c2cccc(C)c2)c2ccccc2C1. The third kappa shape index (κ3) is 1.90. The summed E-state index contributed by atoms with van der Waals surface area (Å²) in [6.07, 6.45) is 0.943. The number of aryl methyl sites for hydroxylation is 1. The molecule has 0 amide bonds. The number of benzene rings is 2. The van der Waals surface area contributed by atoms with Crippen LogP contribution in [0.3, 0.4) is 0 Å². The van der Waals surface area contributed by atoms with Crippen LogP contribution in [0.4, 0.5) is 11.4 Å². The van der Waals surface area contributed by atoms with Gasteiger partial charge < -0.3 is 0 Å². The maximum absolute atomic E-state index is 4.68. The fraction of sp³-hybridized carbons (Fsp3) is 0.188. The Morgan fingerprint density at radius 1 is 1.00 bits per heavy atom. The van der Waals surface area contributed by atoms with Gasteiger partial charge in [-0.2, -0.15) is 5.10 Å². The topological polar surface area (TPSA) is 15.6 Å². The molecular formula is C16H16N2. The highest BCUT2D eigenvalue weighted by atomic mass is 15.5. The van der Waals surface area contributed by atoms with E-state index < -0.39 is 0 Å². The largest absolute Gasteiger partial charge is 0.234 e. The summed E-state index contributed by atoms with van der Waals surface area (Å²) in [5, 5.41) is 6.73. The van der Waals surface area contributed by atoms with Gasteiger partial charge in [-0.05, 0) is 43.2 Å². The number of nitrogens with zero attached hydrogens (tertiary/aromatic N) is 2. The minimum Gasteiger partial charge on any atom is -0.234 e. The Balaban J connectivity index is 2.13. The normalized spacial score (nSPS) is 14.1. The van der Waals surface area contributed by atoms with Crippen LogP contribution < -0.4 is 5.01 Å². The van der Waals surface area contributed by atoms with E-state index in [1.165, 1.54) is 16.8 Å². The van der Waals surface area contributed by atoms with E-state index in [1.807, 2.05) is 5.01 Å². The third-order valence-corrected chi connectivity index (χ3v) is 3.18. The molecule has 0 saturated heterocycles. The number of fused-ring (bicyclic) bond motifs is 1. The van der Waals surface area contributed by atoms with Crippen LogP contribution in [0.5, 0.6) is 0 Å². The van der Waals surface area contributed by atoms with Crippen molar-refractivity contribution in [3.05, 3.63) is 59.7 Å². The molecule has 0 bridgehead atoms. The predicted octanol–water partition coefficient (Wildman–Crippen LogP) is 4.07. The molecule has 0 unspecified atom stereocenters. The lowest BCUT2D eigenvalue weighted by Crippen LogP contribution is -2.20. The van der Waals surface area contributed by atoms with Crippen molar-refractivity contribution in [1.29, 1.82) is 0 Å². The highest BCUT2D eigenvalue weighted by Gasteiger charge is 2.17. The van der Waals surface area contributed by atoms with Crippen LogP contribution in [0, 0.1) is 6.92 Å². The number of hydrazone groups is 1. The van der Waals surface area contributed by atoms with Gasteiger partial charge in [0.15, 0.2) is 0 Å². The first kappa shape index (κ1) is 11.0. The molecule has 1 aliphatic heterocycles. The van der Waals surface area contributed by atoms with Crippen molar-refractivity contribution in [3.63, 3.8) is 0 Å². The number of hydrogen-bond donors (Lipinski definition) is 0. The average Bonchev–Trinajstić information content (AvgIpc) is 2.37. The van der Waals surface area contributed by atoms with Gasteiger partial charge in [-0.25, -0.2) is 5.01 Å². The van der Waals surface area contributed by atoms with Gasteiger partial charge in [-0.1, -0.05) is 30.3 Å². The van der Waals surface area contributed by atoms with Crippen LogP contribution in [-0.2, 0) is 6.42 Å². The molecule has 3 rings (SSSR count). The van der Waals surface area contributed by atoms with Crippen molar-refractivity contribution < 1.29 is 0 Å². The first-order valence-electron chi connectivity index (χ1n) is 6.23. The Morgan fingerprint density at radius 3 is 2.67 bits per heavy atom. The first-order chi connectivity index (χ1) is 8.74. The predicted molar refractivity (Wildman–Crippen MR) is 76.6 cm³/mol. The molecule has 2 nitrogen and oxygen atoms in total. The van der Waals surface area contributed by atoms with Crippen molar-refractivity contribution in [2.45, 2.75) is 20.3 Å². The molecule has 1 aliphatic rings. The molecule has 0 aliphatic carbocycles. The summed E-state index contributed by atoms with van der Waals surface area (Å²) >= 11 is 0. The summed E-state index contributed by atoms with van der Waals surface area (Å²) in [6, 6.07) is 16.9. The molecule has 0 radical (unpaired) electrons. The summed E-state index contributed by atoms with van der Waals surface area (Å²) < 4.78 is 0. The summed E-state index contributed by atoms with van der Waals surface area (Å²) in [4.78, 5) is 0. The molecule has 0 fully saturated rings. The summed E-state index contributed by atoms with van der Waals surface area (Å²) in [6.45, 7) is 4.19. The molecule has 2 aromatic carbocycles. The second-order valence-corrected chi connectivity index (χ2v) is 4.79. The second kappa shape index (κ2) is 4.30. The van der Waals surface area contributed by atoms with Crippen LogP contribution in [0.25, 0.3) is 0 Å². The smallest absolute Gasteiger partial charge is 0.0688 e. The minimum atomic E-state index is 0.943. The van der Waals surface area contributed by atoms with Crippen LogP contribution in [-0.4, -0.2) is 5.71 Å². The van der Waals surface area contributed by atoms with Crippen LogP contribution in [0.1, 0.15) is 18.1 Å². The van der Waals surface area contributed by atoms with E-state index in [-0.39, 0.29) is 0 Å². The molecule has 0 saturated carbocycles. The van der Waals surface area contributed by atoms with E-state index in [0.717, 1.165) is 17.8 Å². The van der Waals surface area contributed by atoms with Gasteiger partial charge in [-0.15, -0.1) is 0 Å². The van der Waals surface area contributed by atoms with Crippen LogP contribution in [0.15, 0.2) is 53.6 Å². The maximum Gasteiger partial charge on any atom is 0.0688 e. The van der Waals surface area contributed by atoms with Gasteiger partial charge in [0.05, 0.1) is 11.4 Å². The van der Waals surface area contributed by atoms with E-state index in [2.05, 4.69) is 67.5 Å². The monoisotopic (exact) mass is 236 g/mol. The quantitative estimate of drug-likeness (QED) is 0.729. The maximum atomic E-state index is 4.68.